The van der Waals surface area contributed by atoms with Crippen molar-refractivity contribution in [2.45, 2.75) is 52.4 Å². The van der Waals surface area contributed by atoms with Gasteiger partial charge in [0.2, 0.25) is 5.82 Å². The van der Waals surface area contributed by atoms with Crippen molar-refractivity contribution in [3.8, 4) is 16.9 Å². The Balaban J connectivity index is 1.82. The summed E-state index contributed by atoms with van der Waals surface area (Å²) in [6.07, 6.45) is 7.02. The quantitative estimate of drug-likeness (QED) is 0.429. The summed E-state index contributed by atoms with van der Waals surface area (Å²) >= 11 is 0. The summed E-state index contributed by atoms with van der Waals surface area (Å²) in [7, 11) is 0. The lowest BCUT2D eigenvalue weighted by molar-refractivity contribution is -0.118. The Morgan fingerprint density at radius 3 is 2.43 bits per heavy atom. The Morgan fingerprint density at radius 1 is 1.00 bits per heavy atom. The number of carbonyl (C=O) groups is 1. The summed E-state index contributed by atoms with van der Waals surface area (Å²) in [6.45, 7) is 4.02. The third kappa shape index (κ3) is 4.77. The summed E-state index contributed by atoms with van der Waals surface area (Å²) in [5.74, 6) is -2.82. The van der Waals surface area contributed by atoms with Gasteiger partial charge in [0.15, 0.2) is 17.3 Å². The minimum absolute atomic E-state index is 0.0172. The molecule has 0 saturated heterocycles. The second-order valence-electron chi connectivity index (χ2n) is 7.67. The number of ether oxygens (including phenoxy) is 1. The smallest absolute Gasteiger partial charge is 0.201 e. The molecule has 0 spiro atoms. The van der Waals surface area contributed by atoms with Crippen molar-refractivity contribution in [3.05, 3.63) is 59.4 Å². The van der Waals surface area contributed by atoms with Crippen LogP contribution in [0.1, 0.15) is 57.9 Å². The van der Waals surface area contributed by atoms with Crippen LogP contribution in [0.25, 0.3) is 16.7 Å². The van der Waals surface area contributed by atoms with Gasteiger partial charge >= 0.3 is 0 Å². The first-order chi connectivity index (χ1) is 14.5. The first-order valence-electron chi connectivity index (χ1n) is 10.6. The third-order valence-electron chi connectivity index (χ3n) is 5.61. The minimum Gasteiger partial charge on any atom is -0.491 e. The number of hydrogen-bond donors (Lipinski definition) is 0. The van der Waals surface area contributed by atoms with E-state index in [2.05, 4.69) is 6.92 Å². The number of hydrogen-bond acceptors (Lipinski definition) is 2. The van der Waals surface area contributed by atoms with Crippen LogP contribution in [-0.2, 0) is 4.79 Å². The molecule has 5 heteroatoms. The molecule has 30 heavy (non-hydrogen) atoms. The van der Waals surface area contributed by atoms with Gasteiger partial charge in [-0.2, -0.15) is 4.39 Å². The van der Waals surface area contributed by atoms with Crippen LogP contribution in [0.2, 0.25) is 0 Å². The fraction of sp³-hybridized carbons (Fsp3) is 0.400. The Bertz CT molecular complexity index is 950. The molecule has 1 atom stereocenters. The molecule has 0 N–H and O–H groups in total. The Morgan fingerprint density at radius 2 is 1.77 bits per heavy atom. The van der Waals surface area contributed by atoms with Crippen molar-refractivity contribution >= 4 is 11.4 Å². The molecule has 160 valence electrons. The van der Waals surface area contributed by atoms with Crippen molar-refractivity contribution in [3.63, 3.8) is 0 Å². The van der Waals surface area contributed by atoms with Crippen LogP contribution in [0.15, 0.2) is 36.4 Å². The van der Waals surface area contributed by atoms with Crippen LogP contribution in [0.5, 0.6) is 5.75 Å². The van der Waals surface area contributed by atoms with Gasteiger partial charge in [-0.15, -0.1) is 0 Å². The molecule has 0 aliphatic heterocycles. The fourth-order valence-corrected chi connectivity index (χ4v) is 3.94. The summed E-state index contributed by atoms with van der Waals surface area (Å²) < 4.78 is 48.5. The summed E-state index contributed by atoms with van der Waals surface area (Å²) in [6, 6.07) is 6.99. The Hall–Kier alpha value is -2.56. The molecule has 3 rings (SSSR count). The number of ketones is 1. The third-order valence-corrected chi connectivity index (χ3v) is 5.61. The van der Waals surface area contributed by atoms with Crippen molar-refractivity contribution in [2.24, 2.45) is 5.92 Å². The van der Waals surface area contributed by atoms with E-state index in [1.54, 1.807) is 19.1 Å². The second kappa shape index (κ2) is 9.96. The van der Waals surface area contributed by atoms with Gasteiger partial charge < -0.3 is 4.74 Å². The molecule has 1 aliphatic carbocycles. The highest BCUT2D eigenvalue weighted by Gasteiger charge is 2.24. The lowest BCUT2D eigenvalue weighted by atomic mass is 9.82. The predicted molar refractivity (Wildman–Crippen MR) is 113 cm³/mol. The predicted octanol–water partition coefficient (Wildman–Crippen LogP) is 7.11. The maximum absolute atomic E-state index is 14.8. The number of rotatable bonds is 8. The van der Waals surface area contributed by atoms with Crippen LogP contribution in [0.3, 0.4) is 0 Å². The Labute approximate surface area is 175 Å². The lowest BCUT2D eigenvalue weighted by Gasteiger charge is -2.21. The van der Waals surface area contributed by atoms with E-state index in [1.807, 2.05) is 0 Å². The highest BCUT2D eigenvalue weighted by atomic mass is 19.2. The van der Waals surface area contributed by atoms with Gasteiger partial charge in [0, 0.05) is 17.0 Å². The molecular formula is C25H27F3O2. The van der Waals surface area contributed by atoms with E-state index in [4.69, 9.17) is 4.74 Å². The maximum Gasteiger partial charge on any atom is 0.201 e. The zero-order valence-electron chi connectivity index (χ0n) is 17.4. The molecule has 2 aromatic rings. The monoisotopic (exact) mass is 416 g/mol. The zero-order valence-corrected chi connectivity index (χ0v) is 17.4. The van der Waals surface area contributed by atoms with E-state index in [0.717, 1.165) is 25.7 Å². The van der Waals surface area contributed by atoms with E-state index in [9.17, 15) is 18.0 Å². The number of benzene rings is 2. The number of carbonyl (C=O) groups excluding carboxylic acids is 1. The van der Waals surface area contributed by atoms with Gasteiger partial charge in [-0.25, -0.2) is 8.78 Å². The average Bonchev–Trinajstić information content (AvgIpc) is 2.73. The number of unbranched alkanes of at least 4 members (excludes halogenated alkanes) is 2. The number of allylic oxidation sites excluding steroid dienone is 2. The van der Waals surface area contributed by atoms with Gasteiger partial charge in [0.25, 0.3) is 0 Å². The van der Waals surface area contributed by atoms with Crippen LogP contribution >= 0.6 is 0 Å². The molecule has 2 aromatic carbocycles. The second-order valence-corrected chi connectivity index (χ2v) is 7.67. The van der Waals surface area contributed by atoms with E-state index >= 15 is 0 Å². The van der Waals surface area contributed by atoms with Gasteiger partial charge in [-0.1, -0.05) is 38.3 Å². The highest BCUT2D eigenvalue weighted by Crippen LogP contribution is 2.35. The molecule has 0 saturated carbocycles. The molecule has 0 heterocycles. The van der Waals surface area contributed by atoms with Crippen molar-refractivity contribution in [1.82, 2.24) is 0 Å². The maximum atomic E-state index is 14.8. The topological polar surface area (TPSA) is 26.3 Å². The van der Waals surface area contributed by atoms with Crippen LogP contribution < -0.4 is 4.74 Å². The Kier molecular flexibility index (Phi) is 7.35. The number of halogens is 3. The van der Waals surface area contributed by atoms with Crippen LogP contribution in [0.4, 0.5) is 13.2 Å². The summed E-state index contributed by atoms with van der Waals surface area (Å²) in [5, 5.41) is 0. The molecule has 0 fully saturated rings. The molecule has 0 aromatic heterocycles. The molecule has 0 radical (unpaired) electrons. The molecule has 1 unspecified atom stereocenters. The van der Waals surface area contributed by atoms with E-state index in [1.165, 1.54) is 24.3 Å². The molecule has 1 aliphatic rings. The fourth-order valence-electron chi connectivity index (χ4n) is 3.94. The van der Waals surface area contributed by atoms with E-state index < -0.39 is 17.5 Å². The highest BCUT2D eigenvalue weighted by molar-refractivity contribution is 6.00. The van der Waals surface area contributed by atoms with Crippen LogP contribution in [-0.4, -0.2) is 12.4 Å². The lowest BCUT2D eigenvalue weighted by Crippen LogP contribution is -2.17. The van der Waals surface area contributed by atoms with Gasteiger partial charge in [0.05, 0.1) is 6.61 Å². The van der Waals surface area contributed by atoms with Gasteiger partial charge in [0.1, 0.15) is 5.82 Å². The van der Waals surface area contributed by atoms with Crippen molar-refractivity contribution in [1.29, 1.82) is 0 Å². The molecule has 0 bridgehead atoms. The average molecular weight is 416 g/mol. The minimum atomic E-state index is -1.09. The molecule has 2 nitrogen and oxygen atoms in total. The molecular weight excluding hydrogens is 389 g/mol. The summed E-state index contributed by atoms with van der Waals surface area (Å²) in [4.78, 5) is 12.4. The first-order valence-corrected chi connectivity index (χ1v) is 10.6. The standard InChI is InChI=1S/C25H27F3O2/c1-3-5-6-7-16-8-9-18(15-22(16)29)19-11-10-17(14-21(19)26)20-12-13-23(30-4-2)25(28)24(20)27/h10-16H,3-9H2,1-2H3. The van der Waals surface area contributed by atoms with Crippen molar-refractivity contribution in [2.75, 3.05) is 6.61 Å². The normalized spacial score (nSPS) is 16.5. The van der Waals surface area contributed by atoms with Crippen molar-refractivity contribution < 1.29 is 22.7 Å². The van der Waals surface area contributed by atoms with E-state index in [0.29, 0.717) is 24.0 Å². The van der Waals surface area contributed by atoms with E-state index in [-0.39, 0.29) is 35.2 Å². The van der Waals surface area contributed by atoms with Gasteiger partial charge in [-0.3, -0.25) is 4.79 Å². The van der Waals surface area contributed by atoms with Crippen LogP contribution in [0, 0.1) is 23.4 Å². The largest absolute Gasteiger partial charge is 0.491 e. The first kappa shape index (κ1) is 22.1. The zero-order chi connectivity index (χ0) is 21.7. The summed E-state index contributed by atoms with van der Waals surface area (Å²) in [5.41, 5.74) is 1.20. The SMILES string of the molecule is CCCCCC1CCC(c2ccc(-c3ccc(OCC)c(F)c3F)cc2F)=CC1=O. The molecule has 0 amide bonds. The van der Waals surface area contributed by atoms with Gasteiger partial charge in [-0.05, 0) is 61.6 Å².